The molecule has 1 aliphatic rings. The smallest absolute Gasteiger partial charge is 0.165 e. The molecule has 2 nitrogen and oxygen atoms in total. The van der Waals surface area contributed by atoms with Crippen molar-refractivity contribution in [1.82, 2.24) is 5.32 Å². The maximum atomic E-state index is 13.5. The summed E-state index contributed by atoms with van der Waals surface area (Å²) in [6, 6.07) is 3.38. The molecule has 0 saturated carbocycles. The van der Waals surface area contributed by atoms with Crippen LogP contribution in [-0.2, 0) is 0 Å². The van der Waals surface area contributed by atoms with Gasteiger partial charge in [-0.1, -0.05) is 13.0 Å². The maximum absolute atomic E-state index is 13.5. The molecule has 2 atom stereocenters. The fourth-order valence-electron chi connectivity index (χ4n) is 2.15. The van der Waals surface area contributed by atoms with Gasteiger partial charge in [0.1, 0.15) is 6.10 Å². The van der Waals surface area contributed by atoms with Crippen molar-refractivity contribution in [3.05, 3.63) is 29.1 Å². The van der Waals surface area contributed by atoms with E-state index in [1.54, 1.807) is 6.07 Å². The van der Waals surface area contributed by atoms with Crippen molar-refractivity contribution in [1.29, 1.82) is 0 Å². The lowest BCUT2D eigenvalue weighted by atomic mass is 9.99. The van der Waals surface area contributed by atoms with Gasteiger partial charge in [0.15, 0.2) is 11.6 Å². The minimum atomic E-state index is -0.261. The molecule has 0 radical (unpaired) electrons. The van der Waals surface area contributed by atoms with Crippen LogP contribution < -0.4 is 10.1 Å². The van der Waals surface area contributed by atoms with Crippen LogP contribution in [0.25, 0.3) is 0 Å². The summed E-state index contributed by atoms with van der Waals surface area (Å²) in [6.07, 6.45) is -0.00412. The zero-order valence-corrected chi connectivity index (χ0v) is 9.30. The summed E-state index contributed by atoms with van der Waals surface area (Å²) in [5, 5.41) is 3.33. The fraction of sp³-hybridized carbons (Fsp3) is 0.500. The van der Waals surface area contributed by atoms with Gasteiger partial charge >= 0.3 is 0 Å². The van der Waals surface area contributed by atoms with Crippen molar-refractivity contribution in [2.45, 2.75) is 32.9 Å². The highest BCUT2D eigenvalue weighted by Gasteiger charge is 2.33. The summed E-state index contributed by atoms with van der Waals surface area (Å²) >= 11 is 0. The molecule has 3 heteroatoms. The SMILES string of the molecule is CCNC1c2c(C)ccc(F)c2OC1C. The van der Waals surface area contributed by atoms with E-state index in [4.69, 9.17) is 4.74 Å². The first kappa shape index (κ1) is 10.4. The second-order valence-corrected chi connectivity index (χ2v) is 3.97. The Balaban J connectivity index is 2.47. The first-order valence-electron chi connectivity index (χ1n) is 5.34. The van der Waals surface area contributed by atoms with E-state index in [1.165, 1.54) is 6.07 Å². The van der Waals surface area contributed by atoms with E-state index < -0.39 is 0 Å². The van der Waals surface area contributed by atoms with Crippen molar-refractivity contribution < 1.29 is 9.13 Å². The Morgan fingerprint density at radius 3 is 2.87 bits per heavy atom. The molecule has 0 aromatic heterocycles. The standard InChI is InChI=1S/C12H16FNO/c1-4-14-11-8(3)15-12-9(13)6-5-7(2)10(11)12/h5-6,8,11,14H,4H2,1-3H3. The molecule has 1 aromatic rings. The summed E-state index contributed by atoms with van der Waals surface area (Å²) in [5.41, 5.74) is 2.06. The molecule has 1 N–H and O–H groups in total. The number of ether oxygens (including phenoxy) is 1. The number of rotatable bonds is 2. The lowest BCUT2D eigenvalue weighted by molar-refractivity contribution is 0.204. The summed E-state index contributed by atoms with van der Waals surface area (Å²) in [5.74, 6) is 0.163. The van der Waals surface area contributed by atoms with Crippen LogP contribution in [0, 0.1) is 12.7 Å². The molecule has 0 aliphatic carbocycles. The Kier molecular flexibility index (Phi) is 2.65. The molecule has 0 fully saturated rings. The minimum absolute atomic E-state index is 0.00412. The number of halogens is 1. The average molecular weight is 209 g/mol. The topological polar surface area (TPSA) is 21.3 Å². The average Bonchev–Trinajstić information content (AvgIpc) is 2.53. The molecular weight excluding hydrogens is 193 g/mol. The van der Waals surface area contributed by atoms with Gasteiger partial charge in [0.25, 0.3) is 0 Å². The van der Waals surface area contributed by atoms with Gasteiger partial charge in [0.05, 0.1) is 6.04 Å². The van der Waals surface area contributed by atoms with Crippen LogP contribution in [0.4, 0.5) is 4.39 Å². The Morgan fingerprint density at radius 2 is 2.20 bits per heavy atom. The van der Waals surface area contributed by atoms with Gasteiger partial charge in [-0.2, -0.15) is 0 Å². The van der Waals surface area contributed by atoms with Gasteiger partial charge in [-0.15, -0.1) is 0 Å². The summed E-state index contributed by atoms with van der Waals surface area (Å²) < 4.78 is 19.1. The Morgan fingerprint density at radius 1 is 1.47 bits per heavy atom. The molecule has 2 rings (SSSR count). The van der Waals surface area contributed by atoms with Gasteiger partial charge < -0.3 is 10.1 Å². The van der Waals surface area contributed by atoms with Crippen molar-refractivity contribution in [2.24, 2.45) is 0 Å². The normalized spacial score (nSPS) is 23.7. The van der Waals surface area contributed by atoms with Crippen LogP contribution in [0.15, 0.2) is 12.1 Å². The van der Waals surface area contributed by atoms with Gasteiger partial charge in [-0.3, -0.25) is 0 Å². The molecule has 0 saturated heterocycles. The number of benzene rings is 1. The summed E-state index contributed by atoms with van der Waals surface area (Å²) in [4.78, 5) is 0. The van der Waals surface area contributed by atoms with E-state index in [1.807, 2.05) is 20.8 Å². The van der Waals surface area contributed by atoms with E-state index in [2.05, 4.69) is 5.32 Å². The Bertz CT molecular complexity index is 378. The molecule has 15 heavy (non-hydrogen) atoms. The molecule has 0 spiro atoms. The highest BCUT2D eigenvalue weighted by atomic mass is 19.1. The third-order valence-electron chi connectivity index (χ3n) is 2.87. The first-order chi connectivity index (χ1) is 7.15. The number of likely N-dealkylation sites (N-methyl/N-ethyl adjacent to an activating group) is 1. The number of nitrogens with one attached hydrogen (secondary N) is 1. The molecular formula is C12H16FNO. The highest BCUT2D eigenvalue weighted by Crippen LogP contribution is 2.40. The first-order valence-corrected chi connectivity index (χ1v) is 5.34. The molecule has 1 aliphatic heterocycles. The summed E-state index contributed by atoms with van der Waals surface area (Å²) in [6.45, 7) is 6.85. The molecule has 0 amide bonds. The number of fused-ring (bicyclic) bond motifs is 1. The van der Waals surface area contributed by atoms with Crippen molar-refractivity contribution in [3.8, 4) is 5.75 Å². The van der Waals surface area contributed by atoms with Crippen LogP contribution >= 0.6 is 0 Å². The largest absolute Gasteiger partial charge is 0.485 e. The van der Waals surface area contributed by atoms with Crippen LogP contribution in [0.1, 0.15) is 31.0 Å². The molecule has 2 unspecified atom stereocenters. The van der Waals surface area contributed by atoms with E-state index in [0.29, 0.717) is 5.75 Å². The summed E-state index contributed by atoms with van der Waals surface area (Å²) in [7, 11) is 0. The fourth-order valence-corrected chi connectivity index (χ4v) is 2.15. The van der Waals surface area contributed by atoms with E-state index >= 15 is 0 Å². The van der Waals surface area contributed by atoms with E-state index in [0.717, 1.165) is 17.7 Å². The Hall–Kier alpha value is -1.09. The molecule has 1 heterocycles. The van der Waals surface area contributed by atoms with E-state index in [9.17, 15) is 4.39 Å². The zero-order valence-electron chi connectivity index (χ0n) is 9.30. The Labute approximate surface area is 89.4 Å². The molecule has 1 aromatic carbocycles. The van der Waals surface area contributed by atoms with Crippen LogP contribution in [0.3, 0.4) is 0 Å². The lowest BCUT2D eigenvalue weighted by Gasteiger charge is -2.16. The third-order valence-corrected chi connectivity index (χ3v) is 2.87. The predicted octanol–water partition coefficient (Wildman–Crippen LogP) is 2.57. The van der Waals surface area contributed by atoms with Crippen LogP contribution in [0.5, 0.6) is 5.75 Å². The second-order valence-electron chi connectivity index (χ2n) is 3.97. The van der Waals surface area contributed by atoms with Gasteiger partial charge in [0, 0.05) is 5.56 Å². The van der Waals surface area contributed by atoms with E-state index in [-0.39, 0.29) is 18.0 Å². The number of hydrogen-bond acceptors (Lipinski definition) is 2. The van der Waals surface area contributed by atoms with Crippen LogP contribution in [0.2, 0.25) is 0 Å². The van der Waals surface area contributed by atoms with Crippen molar-refractivity contribution in [2.75, 3.05) is 6.54 Å². The quantitative estimate of drug-likeness (QED) is 0.808. The van der Waals surface area contributed by atoms with Gasteiger partial charge in [0.2, 0.25) is 0 Å². The van der Waals surface area contributed by atoms with Crippen molar-refractivity contribution in [3.63, 3.8) is 0 Å². The zero-order chi connectivity index (χ0) is 11.0. The molecule has 82 valence electrons. The van der Waals surface area contributed by atoms with Gasteiger partial charge in [-0.25, -0.2) is 4.39 Å². The number of hydrogen-bond donors (Lipinski definition) is 1. The van der Waals surface area contributed by atoms with Crippen LogP contribution in [-0.4, -0.2) is 12.6 Å². The predicted molar refractivity (Wildman–Crippen MR) is 57.6 cm³/mol. The van der Waals surface area contributed by atoms with Crippen molar-refractivity contribution >= 4 is 0 Å². The second kappa shape index (κ2) is 3.81. The third kappa shape index (κ3) is 1.61. The lowest BCUT2D eigenvalue weighted by Crippen LogP contribution is -2.28. The number of aryl methyl sites for hydroxylation is 1. The maximum Gasteiger partial charge on any atom is 0.165 e. The monoisotopic (exact) mass is 209 g/mol. The van der Waals surface area contributed by atoms with Gasteiger partial charge in [-0.05, 0) is 32.0 Å². The highest BCUT2D eigenvalue weighted by molar-refractivity contribution is 5.46. The minimum Gasteiger partial charge on any atom is -0.485 e. The molecule has 0 bridgehead atoms.